The molecule has 1 aromatic carbocycles. The van der Waals surface area contributed by atoms with E-state index in [0.29, 0.717) is 12.1 Å². The molecule has 0 amide bonds. The van der Waals surface area contributed by atoms with Gasteiger partial charge >= 0.3 is 0 Å². The van der Waals surface area contributed by atoms with E-state index in [1.54, 1.807) is 6.26 Å². The second-order valence-corrected chi connectivity index (χ2v) is 5.68. The van der Waals surface area contributed by atoms with Gasteiger partial charge in [0.2, 0.25) is 0 Å². The lowest BCUT2D eigenvalue weighted by Crippen LogP contribution is -2.41. The minimum absolute atomic E-state index is 0.305. The lowest BCUT2D eigenvalue weighted by molar-refractivity contribution is 0.258. The molecule has 1 N–H and O–H groups in total. The molecule has 3 rings (SSSR count). The number of hydrogen-bond donors (Lipinski definition) is 1. The Morgan fingerprint density at radius 1 is 1.16 bits per heavy atom. The molecule has 2 heteroatoms. The van der Waals surface area contributed by atoms with Gasteiger partial charge in [0.1, 0.15) is 5.76 Å². The van der Waals surface area contributed by atoms with Crippen LogP contribution in [0.5, 0.6) is 0 Å². The van der Waals surface area contributed by atoms with Gasteiger partial charge in [-0.05, 0) is 50.3 Å². The van der Waals surface area contributed by atoms with Crippen LogP contribution >= 0.6 is 0 Å². The highest BCUT2D eigenvalue weighted by molar-refractivity contribution is 5.26. The number of nitrogens with one attached hydrogen (secondary N) is 1. The Kier molecular flexibility index (Phi) is 3.43. The second-order valence-electron chi connectivity index (χ2n) is 5.68. The van der Waals surface area contributed by atoms with Gasteiger partial charge in [-0.1, -0.05) is 29.8 Å². The molecule has 0 spiro atoms. The summed E-state index contributed by atoms with van der Waals surface area (Å²) >= 11 is 0. The van der Waals surface area contributed by atoms with Gasteiger partial charge in [0.05, 0.1) is 12.3 Å². The lowest BCUT2D eigenvalue weighted by atomic mass is 9.75. The van der Waals surface area contributed by atoms with Crippen LogP contribution in [0.3, 0.4) is 0 Å². The fourth-order valence-electron chi connectivity index (χ4n) is 2.84. The van der Waals surface area contributed by atoms with Gasteiger partial charge < -0.3 is 9.73 Å². The van der Waals surface area contributed by atoms with Gasteiger partial charge in [-0.2, -0.15) is 0 Å². The first kappa shape index (κ1) is 12.5. The van der Waals surface area contributed by atoms with Crippen LogP contribution in [0, 0.1) is 6.92 Å². The Labute approximate surface area is 114 Å². The maximum absolute atomic E-state index is 5.43. The zero-order chi connectivity index (χ0) is 13.2. The van der Waals surface area contributed by atoms with Crippen LogP contribution in [0.2, 0.25) is 0 Å². The summed E-state index contributed by atoms with van der Waals surface area (Å²) in [6.07, 6.45) is 4.20. The van der Waals surface area contributed by atoms with Crippen molar-refractivity contribution in [3.8, 4) is 0 Å². The number of rotatable bonds is 4. The molecule has 0 aliphatic heterocycles. The Morgan fingerprint density at radius 2 is 1.89 bits per heavy atom. The molecule has 1 aliphatic carbocycles. The van der Waals surface area contributed by atoms with Crippen molar-refractivity contribution in [3.05, 3.63) is 59.5 Å². The van der Waals surface area contributed by atoms with E-state index in [4.69, 9.17) is 4.42 Å². The van der Waals surface area contributed by atoms with Gasteiger partial charge in [-0.15, -0.1) is 0 Å². The fourth-order valence-corrected chi connectivity index (χ4v) is 2.84. The summed E-state index contributed by atoms with van der Waals surface area (Å²) in [5, 5.41) is 3.64. The third-order valence-corrected chi connectivity index (χ3v) is 4.14. The first-order chi connectivity index (χ1) is 9.22. The highest BCUT2D eigenvalue weighted by atomic mass is 16.3. The number of hydrogen-bond acceptors (Lipinski definition) is 2. The van der Waals surface area contributed by atoms with Gasteiger partial charge in [-0.25, -0.2) is 0 Å². The highest BCUT2D eigenvalue weighted by Gasteiger charge is 2.31. The average molecular weight is 255 g/mol. The van der Waals surface area contributed by atoms with Crippen LogP contribution in [0.25, 0.3) is 0 Å². The Morgan fingerprint density at radius 3 is 2.53 bits per heavy atom. The molecule has 0 saturated heterocycles. The predicted molar refractivity (Wildman–Crippen MR) is 77.2 cm³/mol. The Balaban J connectivity index is 1.51. The van der Waals surface area contributed by atoms with Gasteiger partial charge in [-0.3, -0.25) is 0 Å². The van der Waals surface area contributed by atoms with Crippen LogP contribution in [-0.2, 0) is 0 Å². The van der Waals surface area contributed by atoms with E-state index in [-0.39, 0.29) is 0 Å². The van der Waals surface area contributed by atoms with Crippen molar-refractivity contribution in [3.63, 3.8) is 0 Å². The smallest absolute Gasteiger partial charge is 0.120 e. The Bertz CT molecular complexity index is 509. The summed E-state index contributed by atoms with van der Waals surface area (Å²) < 4.78 is 5.43. The summed E-state index contributed by atoms with van der Waals surface area (Å²) in [6, 6.07) is 13.9. The average Bonchev–Trinajstić information content (AvgIpc) is 2.88. The summed E-state index contributed by atoms with van der Waals surface area (Å²) in [4.78, 5) is 0. The maximum atomic E-state index is 5.43. The molecule has 19 heavy (non-hydrogen) atoms. The van der Waals surface area contributed by atoms with Gasteiger partial charge in [0, 0.05) is 6.04 Å². The molecule has 2 aromatic rings. The van der Waals surface area contributed by atoms with Crippen molar-refractivity contribution in [2.45, 2.75) is 44.7 Å². The normalized spacial score (nSPS) is 23.9. The van der Waals surface area contributed by atoms with E-state index >= 15 is 0 Å². The van der Waals surface area contributed by atoms with Crippen LogP contribution in [0.4, 0.5) is 0 Å². The van der Waals surface area contributed by atoms with E-state index in [0.717, 1.165) is 11.7 Å². The van der Waals surface area contributed by atoms with Crippen molar-refractivity contribution in [1.82, 2.24) is 5.32 Å². The molecule has 1 saturated carbocycles. The molecular weight excluding hydrogens is 234 g/mol. The number of furan rings is 1. The molecule has 1 atom stereocenters. The standard InChI is InChI=1S/C17H21NO/c1-12-5-7-14(8-6-12)15-10-16(11-15)18-13(2)17-4-3-9-19-17/h3-9,13,15-16,18H,10-11H2,1-2H3/t13-,15?,16?/m1/s1. The lowest BCUT2D eigenvalue weighted by Gasteiger charge is -2.38. The van der Waals surface area contributed by atoms with Crippen molar-refractivity contribution in [1.29, 1.82) is 0 Å². The highest BCUT2D eigenvalue weighted by Crippen LogP contribution is 2.37. The molecule has 0 unspecified atom stereocenters. The monoisotopic (exact) mass is 255 g/mol. The summed E-state index contributed by atoms with van der Waals surface area (Å²) in [6.45, 7) is 4.30. The number of benzene rings is 1. The number of aryl methyl sites for hydroxylation is 1. The van der Waals surface area contributed by atoms with Crippen molar-refractivity contribution in [2.75, 3.05) is 0 Å². The van der Waals surface area contributed by atoms with E-state index in [1.807, 2.05) is 12.1 Å². The molecule has 1 aromatic heterocycles. The summed E-state index contributed by atoms with van der Waals surface area (Å²) in [7, 11) is 0. The first-order valence-corrected chi connectivity index (χ1v) is 7.08. The van der Waals surface area contributed by atoms with Crippen LogP contribution in [0.1, 0.15) is 48.6 Å². The second kappa shape index (κ2) is 5.22. The van der Waals surface area contributed by atoms with E-state index in [9.17, 15) is 0 Å². The third-order valence-electron chi connectivity index (χ3n) is 4.14. The van der Waals surface area contributed by atoms with Crippen molar-refractivity contribution < 1.29 is 4.42 Å². The van der Waals surface area contributed by atoms with Crippen LogP contribution in [-0.4, -0.2) is 6.04 Å². The predicted octanol–water partition coefficient (Wildman–Crippen LogP) is 4.18. The molecule has 1 aliphatic rings. The van der Waals surface area contributed by atoms with Crippen molar-refractivity contribution in [2.24, 2.45) is 0 Å². The van der Waals surface area contributed by atoms with Crippen LogP contribution in [0.15, 0.2) is 47.1 Å². The fraction of sp³-hybridized carbons (Fsp3) is 0.412. The van der Waals surface area contributed by atoms with Crippen LogP contribution < -0.4 is 5.32 Å². The summed E-state index contributed by atoms with van der Waals surface area (Å²) in [5.74, 6) is 1.75. The molecule has 0 radical (unpaired) electrons. The molecule has 1 heterocycles. The zero-order valence-electron chi connectivity index (χ0n) is 11.6. The SMILES string of the molecule is Cc1ccc(C2CC(N[C@H](C)c3ccco3)C2)cc1. The first-order valence-electron chi connectivity index (χ1n) is 7.08. The molecule has 0 bridgehead atoms. The van der Waals surface area contributed by atoms with E-state index in [1.165, 1.54) is 24.0 Å². The zero-order valence-corrected chi connectivity index (χ0v) is 11.6. The largest absolute Gasteiger partial charge is 0.468 e. The maximum Gasteiger partial charge on any atom is 0.120 e. The minimum atomic E-state index is 0.305. The molecule has 2 nitrogen and oxygen atoms in total. The van der Waals surface area contributed by atoms with Gasteiger partial charge in [0.15, 0.2) is 0 Å². The molecular formula is C17H21NO. The van der Waals surface area contributed by atoms with E-state index < -0.39 is 0 Å². The third kappa shape index (κ3) is 2.74. The van der Waals surface area contributed by atoms with Crippen molar-refractivity contribution >= 4 is 0 Å². The minimum Gasteiger partial charge on any atom is -0.468 e. The van der Waals surface area contributed by atoms with Gasteiger partial charge in [0.25, 0.3) is 0 Å². The Hall–Kier alpha value is -1.54. The van der Waals surface area contributed by atoms with E-state index in [2.05, 4.69) is 43.4 Å². The summed E-state index contributed by atoms with van der Waals surface area (Å²) in [5.41, 5.74) is 2.82. The quantitative estimate of drug-likeness (QED) is 0.886. The molecule has 100 valence electrons. The molecule has 1 fully saturated rings. The topological polar surface area (TPSA) is 25.2 Å².